The van der Waals surface area contributed by atoms with E-state index in [1.54, 1.807) is 38.1 Å². The van der Waals surface area contributed by atoms with Crippen molar-refractivity contribution < 1.29 is 34.1 Å². The number of ether oxygens (including phenoxy) is 1. The third kappa shape index (κ3) is 6.98. The van der Waals surface area contributed by atoms with Crippen molar-refractivity contribution in [3.63, 3.8) is 0 Å². The van der Waals surface area contributed by atoms with Crippen molar-refractivity contribution in [3.05, 3.63) is 54.0 Å². The lowest BCUT2D eigenvalue weighted by atomic mass is 9.71. The van der Waals surface area contributed by atoms with E-state index in [-0.39, 0.29) is 37.0 Å². The molecule has 3 rings (SSSR count). The third-order valence-corrected chi connectivity index (χ3v) is 7.73. The number of aliphatic hydroxyl groups is 3. The summed E-state index contributed by atoms with van der Waals surface area (Å²) < 4.78 is 11.3. The number of rotatable bonds is 4. The molecule has 1 aromatic heterocycles. The lowest BCUT2D eigenvalue weighted by Gasteiger charge is -2.35. The van der Waals surface area contributed by atoms with Gasteiger partial charge in [0.1, 0.15) is 24.0 Å². The highest BCUT2D eigenvalue weighted by molar-refractivity contribution is 5.88. The Morgan fingerprint density at radius 2 is 1.97 bits per heavy atom. The number of aromatic nitrogens is 1. The highest BCUT2D eigenvalue weighted by atomic mass is 16.5. The van der Waals surface area contributed by atoms with Crippen molar-refractivity contribution in [2.24, 2.45) is 17.3 Å². The minimum atomic E-state index is -1.30. The standard InChI is InChI=1S/C30H41NO7/c1-6-8-21-28(35)19(3)10-7-9-18(2)11-13-23(38-27(34)16-25(33)30(4,5)29(21)36)20-12-14-24-22(15-20)31-26(17-32)37-24/h6,11-12,14-15,19,21,23,25,28,32-33,35H,1,7-10,13,16-17H2,2-5H3/b18-11-/t19-,21+,23-,25-,28-/m0/s1. The molecule has 1 aromatic carbocycles. The Labute approximate surface area is 224 Å². The van der Waals surface area contributed by atoms with Crippen molar-refractivity contribution in [2.45, 2.75) is 91.1 Å². The molecule has 0 saturated carbocycles. The van der Waals surface area contributed by atoms with Gasteiger partial charge in [0, 0.05) is 12.3 Å². The summed E-state index contributed by atoms with van der Waals surface area (Å²) in [6, 6.07) is 5.29. The van der Waals surface area contributed by atoms with Crippen LogP contribution in [-0.2, 0) is 20.9 Å². The summed E-state index contributed by atoms with van der Waals surface area (Å²) in [4.78, 5) is 30.8. The molecule has 8 nitrogen and oxygen atoms in total. The topological polar surface area (TPSA) is 130 Å². The number of carbonyl (C=O) groups is 2. The van der Waals surface area contributed by atoms with Crippen molar-refractivity contribution >= 4 is 22.9 Å². The van der Waals surface area contributed by atoms with Crippen LogP contribution in [0.15, 0.2) is 46.9 Å². The van der Waals surface area contributed by atoms with E-state index >= 15 is 0 Å². The molecule has 5 atom stereocenters. The molecule has 0 spiro atoms. The highest BCUT2D eigenvalue weighted by Gasteiger charge is 2.43. The Kier molecular flexibility index (Phi) is 10.0. The average molecular weight is 528 g/mol. The zero-order valence-electron chi connectivity index (χ0n) is 22.9. The van der Waals surface area contributed by atoms with Crippen molar-refractivity contribution in [2.75, 3.05) is 0 Å². The molecule has 0 aliphatic carbocycles. The Morgan fingerprint density at radius 1 is 1.24 bits per heavy atom. The van der Waals surface area contributed by atoms with Gasteiger partial charge in [-0.15, -0.1) is 6.58 Å². The number of allylic oxidation sites excluding steroid dienone is 2. The fourth-order valence-corrected chi connectivity index (χ4v) is 5.04. The number of oxazole rings is 1. The van der Waals surface area contributed by atoms with E-state index in [4.69, 9.17) is 9.15 Å². The molecule has 2 aromatic rings. The maximum absolute atomic E-state index is 13.5. The number of benzene rings is 1. The largest absolute Gasteiger partial charge is 0.457 e. The Balaban J connectivity index is 1.93. The molecule has 3 N–H and O–H groups in total. The van der Waals surface area contributed by atoms with E-state index in [1.165, 1.54) is 0 Å². The number of hydrogen-bond donors (Lipinski definition) is 3. The molecule has 1 aliphatic rings. The number of cyclic esters (lactones) is 1. The van der Waals surface area contributed by atoms with E-state index in [1.807, 2.05) is 19.9 Å². The van der Waals surface area contributed by atoms with Gasteiger partial charge in [-0.2, -0.15) is 0 Å². The van der Waals surface area contributed by atoms with Gasteiger partial charge in [-0.1, -0.05) is 44.6 Å². The van der Waals surface area contributed by atoms with Gasteiger partial charge in [0.25, 0.3) is 0 Å². The van der Waals surface area contributed by atoms with Crippen LogP contribution in [0.4, 0.5) is 0 Å². The lowest BCUT2D eigenvalue weighted by Crippen LogP contribution is -2.46. The van der Waals surface area contributed by atoms with Crippen LogP contribution in [0.5, 0.6) is 0 Å². The van der Waals surface area contributed by atoms with Crippen molar-refractivity contribution in [1.29, 1.82) is 0 Å². The zero-order chi connectivity index (χ0) is 28.0. The van der Waals surface area contributed by atoms with Gasteiger partial charge in [0.05, 0.1) is 24.0 Å². The summed E-state index contributed by atoms with van der Waals surface area (Å²) in [6.45, 7) is 10.6. The first-order valence-corrected chi connectivity index (χ1v) is 13.3. The van der Waals surface area contributed by atoms with Crippen LogP contribution in [0.2, 0.25) is 0 Å². The summed E-state index contributed by atoms with van der Waals surface area (Å²) in [5, 5.41) is 31.4. The van der Waals surface area contributed by atoms with E-state index in [0.29, 0.717) is 23.1 Å². The predicted octanol–water partition coefficient (Wildman–Crippen LogP) is 4.96. The molecule has 0 unspecified atom stereocenters. The van der Waals surface area contributed by atoms with E-state index in [2.05, 4.69) is 11.6 Å². The summed E-state index contributed by atoms with van der Waals surface area (Å²) in [5.74, 6) is -1.57. The predicted molar refractivity (Wildman–Crippen MR) is 144 cm³/mol. The third-order valence-electron chi connectivity index (χ3n) is 7.73. The summed E-state index contributed by atoms with van der Waals surface area (Å²) in [5.41, 5.74) is 1.62. The average Bonchev–Trinajstić information content (AvgIpc) is 3.30. The fourth-order valence-electron chi connectivity index (χ4n) is 5.04. The maximum atomic E-state index is 13.5. The first kappa shape index (κ1) is 29.7. The molecule has 8 heteroatoms. The second-order valence-electron chi connectivity index (χ2n) is 11.1. The van der Waals surface area contributed by atoms with Crippen molar-refractivity contribution in [3.8, 4) is 0 Å². The molecule has 0 radical (unpaired) electrons. The Hall–Kier alpha value is -2.81. The van der Waals surface area contributed by atoms with Gasteiger partial charge in [0.15, 0.2) is 5.58 Å². The number of ketones is 1. The number of Topliss-reactive ketones (excluding diaryl/α,β-unsaturated/α-hetero) is 1. The SMILES string of the molecule is C=CC[C@H]1C(=O)C(C)(C)[C@@H](O)CC(=O)O[C@H](c2ccc3oc(CO)nc3c2)C/C=C(/C)CCC[C@H](C)[C@@H]1O. The molecule has 208 valence electrons. The van der Waals surface area contributed by atoms with E-state index in [0.717, 1.165) is 24.8 Å². The quantitative estimate of drug-likeness (QED) is 0.376. The number of fused-ring (bicyclic) bond motifs is 1. The monoisotopic (exact) mass is 527 g/mol. The van der Waals surface area contributed by atoms with Crippen LogP contribution in [0, 0.1) is 17.3 Å². The summed E-state index contributed by atoms with van der Waals surface area (Å²) in [6.07, 6.45) is 3.57. The highest BCUT2D eigenvalue weighted by Crippen LogP contribution is 2.35. The number of carbonyl (C=O) groups excluding carboxylic acids is 2. The van der Waals surface area contributed by atoms with Crippen LogP contribution in [0.3, 0.4) is 0 Å². The Bertz CT molecular complexity index is 1160. The molecule has 0 bridgehead atoms. The minimum Gasteiger partial charge on any atom is -0.457 e. The number of esters is 1. The smallest absolute Gasteiger partial charge is 0.309 e. The van der Waals surface area contributed by atoms with E-state index < -0.39 is 35.6 Å². The molecular weight excluding hydrogens is 486 g/mol. The van der Waals surface area contributed by atoms with Crippen molar-refractivity contribution in [1.82, 2.24) is 4.98 Å². The van der Waals surface area contributed by atoms with Crippen LogP contribution in [0.25, 0.3) is 11.1 Å². The lowest BCUT2D eigenvalue weighted by molar-refractivity contribution is -0.156. The second-order valence-corrected chi connectivity index (χ2v) is 11.1. The van der Waals surface area contributed by atoms with Gasteiger partial charge in [-0.05, 0) is 56.2 Å². The van der Waals surface area contributed by atoms with Crippen LogP contribution < -0.4 is 0 Å². The van der Waals surface area contributed by atoms with Crippen LogP contribution in [-0.4, -0.2) is 44.3 Å². The number of aliphatic hydroxyl groups excluding tert-OH is 3. The normalized spacial score (nSPS) is 29.4. The first-order chi connectivity index (χ1) is 18.0. The Morgan fingerprint density at radius 3 is 2.66 bits per heavy atom. The summed E-state index contributed by atoms with van der Waals surface area (Å²) >= 11 is 0. The van der Waals surface area contributed by atoms with Crippen LogP contribution >= 0.6 is 0 Å². The minimum absolute atomic E-state index is 0.117. The molecule has 1 aliphatic heterocycles. The molecule has 2 heterocycles. The van der Waals surface area contributed by atoms with Gasteiger partial charge in [0.2, 0.25) is 5.89 Å². The van der Waals surface area contributed by atoms with Gasteiger partial charge < -0.3 is 24.5 Å². The molecule has 38 heavy (non-hydrogen) atoms. The number of nitrogens with zero attached hydrogens (tertiary/aromatic N) is 1. The van der Waals surface area contributed by atoms with Gasteiger partial charge in [-0.3, -0.25) is 9.59 Å². The second kappa shape index (κ2) is 12.8. The number of hydrogen-bond acceptors (Lipinski definition) is 8. The summed E-state index contributed by atoms with van der Waals surface area (Å²) in [7, 11) is 0. The fraction of sp³-hybridized carbons (Fsp3) is 0.567. The zero-order valence-corrected chi connectivity index (χ0v) is 22.9. The maximum Gasteiger partial charge on any atom is 0.309 e. The molecular formula is C30H41NO7. The molecule has 0 saturated heterocycles. The van der Waals surface area contributed by atoms with Gasteiger partial charge >= 0.3 is 5.97 Å². The first-order valence-electron chi connectivity index (χ1n) is 13.3. The molecule has 0 fully saturated rings. The van der Waals surface area contributed by atoms with E-state index in [9.17, 15) is 24.9 Å². The van der Waals surface area contributed by atoms with Crippen LogP contribution in [0.1, 0.15) is 83.8 Å². The van der Waals surface area contributed by atoms with Gasteiger partial charge in [-0.25, -0.2) is 4.98 Å². The molecule has 0 amide bonds.